The van der Waals surface area contributed by atoms with Gasteiger partial charge in [0.1, 0.15) is 0 Å². The van der Waals surface area contributed by atoms with Crippen LogP contribution in [0.15, 0.2) is 4.99 Å². The molecule has 0 aromatic carbocycles. The summed E-state index contributed by atoms with van der Waals surface area (Å²) in [5.74, 6) is -0.334. The number of hydrogen-bond donors (Lipinski definition) is 1. The van der Waals surface area contributed by atoms with Crippen LogP contribution in [0.3, 0.4) is 0 Å². The Morgan fingerprint density at radius 1 is 0.656 bits per heavy atom. The number of hydrogen-bond acceptors (Lipinski definition) is 4. The van der Waals surface area contributed by atoms with Crippen LogP contribution >= 0.6 is 0 Å². The number of unbranched alkanes of at least 4 members (excludes halogenated alkanes) is 18. The van der Waals surface area contributed by atoms with Crippen molar-refractivity contribution in [3.8, 4) is 0 Å². The molecule has 5 nitrogen and oxygen atoms in total. The average Bonchev–Trinajstić information content (AvgIpc) is 2.71. The van der Waals surface area contributed by atoms with Crippen LogP contribution in [-0.4, -0.2) is 31.2 Å². The zero-order chi connectivity index (χ0) is 23.0. The summed E-state index contributed by atoms with van der Waals surface area (Å²) in [4.78, 5) is 3.94. The Labute approximate surface area is 221 Å². The minimum atomic E-state index is -3.89. The molecule has 0 saturated heterocycles. The van der Waals surface area contributed by atoms with Crippen LogP contribution in [0.1, 0.15) is 142 Å². The normalized spacial score (nSPS) is 12.1. The molecule has 0 unspecified atom stereocenters. The Morgan fingerprint density at radius 3 is 1.41 bits per heavy atom. The van der Waals surface area contributed by atoms with E-state index in [-0.39, 0.29) is 41.2 Å². The van der Waals surface area contributed by atoms with E-state index in [0.717, 1.165) is 12.8 Å². The van der Waals surface area contributed by atoms with E-state index in [1.54, 1.807) is 0 Å². The van der Waals surface area contributed by atoms with E-state index in [1.165, 1.54) is 103 Å². The van der Waals surface area contributed by atoms with Crippen LogP contribution in [-0.2, 0) is 10.1 Å². The van der Waals surface area contributed by atoms with Crippen LogP contribution in [0.2, 0.25) is 0 Å². The van der Waals surface area contributed by atoms with E-state index in [4.69, 9.17) is 4.55 Å². The molecule has 0 aliphatic rings. The van der Waals surface area contributed by atoms with Crippen LogP contribution in [0.4, 0.5) is 0 Å². The second kappa shape index (κ2) is 26.0. The molecule has 0 bridgehead atoms. The van der Waals surface area contributed by atoms with Gasteiger partial charge in [0.05, 0.1) is 5.75 Å². The maximum atomic E-state index is 11.6. The Kier molecular flexibility index (Phi) is 28.1. The Bertz CT molecular complexity index is 512. The standard InChI is InChI=1S/C25H51NO4S.Na/c1-2-3-4-5-6-7-8-9-10-11-12-13-14-15-16-17-18-19-22-25(27)26-23-20-21-24-31(28,29)30;/h2-24H2,1H3,(H,26,27)(H,28,29,30);/q;+1/p-1. The quantitative estimate of drug-likeness (QED) is 0.0742. The zero-order valence-electron chi connectivity index (χ0n) is 21.3. The smallest absolute Gasteiger partial charge is 0.862 e. The molecule has 0 aliphatic heterocycles. The predicted octanol–water partition coefficient (Wildman–Crippen LogP) is 3.85. The number of rotatable bonds is 24. The second-order valence-corrected chi connectivity index (χ2v) is 10.6. The van der Waals surface area contributed by atoms with Crippen molar-refractivity contribution in [2.45, 2.75) is 142 Å². The van der Waals surface area contributed by atoms with Gasteiger partial charge in [-0.1, -0.05) is 116 Å². The maximum absolute atomic E-state index is 11.6. The molecular formula is C25H50NNaO4S. The average molecular weight is 484 g/mol. The maximum Gasteiger partial charge on any atom is 1.00 e. The van der Waals surface area contributed by atoms with Crippen LogP contribution in [0.25, 0.3) is 0 Å². The second-order valence-electron chi connectivity index (χ2n) is 9.03. The van der Waals surface area contributed by atoms with Crippen molar-refractivity contribution in [2.24, 2.45) is 4.99 Å². The predicted molar refractivity (Wildman–Crippen MR) is 131 cm³/mol. The summed E-state index contributed by atoms with van der Waals surface area (Å²) in [6.07, 6.45) is 25.3. The number of aliphatic imine (C=N–C) groups is 1. The van der Waals surface area contributed by atoms with Crippen molar-refractivity contribution in [3.63, 3.8) is 0 Å². The molecule has 0 radical (unpaired) electrons. The Morgan fingerprint density at radius 2 is 1.03 bits per heavy atom. The van der Waals surface area contributed by atoms with Gasteiger partial charge in [-0.3, -0.25) is 4.55 Å². The van der Waals surface area contributed by atoms with Crippen molar-refractivity contribution in [2.75, 3.05) is 12.3 Å². The molecule has 0 fully saturated rings. The van der Waals surface area contributed by atoms with Crippen molar-refractivity contribution < 1.29 is 47.6 Å². The molecule has 0 spiro atoms. The summed E-state index contributed by atoms with van der Waals surface area (Å²) in [6, 6.07) is 0. The molecule has 0 aromatic heterocycles. The SMILES string of the molecule is CCCCCCCCCCCCCCCCCCCCC([O-])=NCCCCS(=O)(=O)O.[Na+]. The third kappa shape index (κ3) is 30.4. The molecule has 32 heavy (non-hydrogen) atoms. The fourth-order valence-corrected chi connectivity index (χ4v) is 4.43. The van der Waals surface area contributed by atoms with E-state index in [1.807, 2.05) is 0 Å². The van der Waals surface area contributed by atoms with Gasteiger partial charge >= 0.3 is 29.6 Å². The summed E-state index contributed by atoms with van der Waals surface area (Å²) in [6.45, 7) is 2.63. The summed E-state index contributed by atoms with van der Waals surface area (Å²) in [7, 11) is -3.89. The van der Waals surface area contributed by atoms with E-state index < -0.39 is 10.1 Å². The van der Waals surface area contributed by atoms with Gasteiger partial charge in [-0.05, 0) is 31.6 Å². The molecular weight excluding hydrogens is 433 g/mol. The Hall–Kier alpha value is 0.380. The van der Waals surface area contributed by atoms with E-state index in [9.17, 15) is 13.5 Å². The monoisotopic (exact) mass is 483 g/mol. The summed E-state index contributed by atoms with van der Waals surface area (Å²) in [5.41, 5.74) is 0. The molecule has 0 heterocycles. The van der Waals surface area contributed by atoms with Crippen LogP contribution < -0.4 is 34.7 Å². The van der Waals surface area contributed by atoms with Gasteiger partial charge in [0.2, 0.25) is 0 Å². The molecule has 0 saturated carbocycles. The van der Waals surface area contributed by atoms with Crippen molar-refractivity contribution in [3.05, 3.63) is 0 Å². The first-order valence-electron chi connectivity index (χ1n) is 13.1. The summed E-state index contributed by atoms with van der Waals surface area (Å²) < 4.78 is 29.8. The molecule has 0 aliphatic carbocycles. The first kappa shape index (κ1) is 34.5. The van der Waals surface area contributed by atoms with Gasteiger partial charge in [0.15, 0.2) is 0 Å². The third-order valence-corrected chi connectivity index (χ3v) is 6.65. The molecule has 0 amide bonds. The molecule has 7 heteroatoms. The minimum Gasteiger partial charge on any atom is -0.862 e. The first-order valence-corrected chi connectivity index (χ1v) is 14.7. The van der Waals surface area contributed by atoms with Crippen molar-refractivity contribution in [1.82, 2.24) is 0 Å². The Balaban J connectivity index is 0. The van der Waals surface area contributed by atoms with Gasteiger partial charge in [-0.25, -0.2) is 0 Å². The topological polar surface area (TPSA) is 89.8 Å². The largest absolute Gasteiger partial charge is 1.00 e. The van der Waals surface area contributed by atoms with Crippen molar-refractivity contribution >= 4 is 16.0 Å². The molecule has 186 valence electrons. The van der Waals surface area contributed by atoms with E-state index in [0.29, 0.717) is 25.8 Å². The fourth-order valence-electron chi connectivity index (χ4n) is 3.86. The third-order valence-electron chi connectivity index (χ3n) is 5.84. The summed E-state index contributed by atoms with van der Waals surface area (Å²) in [5, 5.41) is 11.6. The molecule has 0 aromatic rings. The molecule has 0 rings (SSSR count). The van der Waals surface area contributed by atoms with Gasteiger partial charge in [0.25, 0.3) is 10.1 Å². The molecule has 0 atom stereocenters. The van der Waals surface area contributed by atoms with Gasteiger partial charge in [0, 0.05) is 6.54 Å². The molecule has 1 N–H and O–H groups in total. The van der Waals surface area contributed by atoms with E-state index >= 15 is 0 Å². The van der Waals surface area contributed by atoms with Crippen LogP contribution in [0.5, 0.6) is 0 Å². The van der Waals surface area contributed by atoms with Gasteiger partial charge in [-0.2, -0.15) is 8.42 Å². The van der Waals surface area contributed by atoms with Crippen LogP contribution in [0, 0.1) is 0 Å². The van der Waals surface area contributed by atoms with Crippen molar-refractivity contribution in [1.29, 1.82) is 0 Å². The number of nitrogens with zero attached hydrogens (tertiary/aromatic N) is 1. The van der Waals surface area contributed by atoms with E-state index in [2.05, 4.69) is 11.9 Å². The fraction of sp³-hybridized carbons (Fsp3) is 0.960. The van der Waals surface area contributed by atoms with Gasteiger partial charge < -0.3 is 10.1 Å². The first-order chi connectivity index (χ1) is 15.0. The minimum absolute atomic E-state index is 0. The van der Waals surface area contributed by atoms with Gasteiger partial charge in [-0.15, -0.1) is 0 Å². The zero-order valence-corrected chi connectivity index (χ0v) is 24.1. The summed E-state index contributed by atoms with van der Waals surface area (Å²) >= 11 is 0.